The quantitative estimate of drug-likeness (QED) is 0.247. The molecular formula is C24H25N3O2S2. The average molecular weight is 452 g/mol. The summed E-state index contributed by atoms with van der Waals surface area (Å²) in [4.78, 5) is 27.6. The van der Waals surface area contributed by atoms with Gasteiger partial charge in [0.25, 0.3) is 0 Å². The van der Waals surface area contributed by atoms with Gasteiger partial charge in [0.15, 0.2) is 10.1 Å². The van der Waals surface area contributed by atoms with E-state index in [2.05, 4.69) is 10.2 Å². The first-order valence-corrected chi connectivity index (χ1v) is 12.2. The van der Waals surface area contributed by atoms with E-state index in [1.54, 1.807) is 4.90 Å². The highest BCUT2D eigenvalue weighted by molar-refractivity contribution is 8.02. The Morgan fingerprint density at radius 2 is 1.65 bits per heavy atom. The van der Waals surface area contributed by atoms with Gasteiger partial charge in [-0.25, -0.2) is 0 Å². The molecule has 0 saturated heterocycles. The molecule has 0 bridgehead atoms. The van der Waals surface area contributed by atoms with E-state index >= 15 is 0 Å². The van der Waals surface area contributed by atoms with Crippen molar-refractivity contribution in [3.63, 3.8) is 0 Å². The molecule has 2 aromatic carbocycles. The summed E-state index contributed by atoms with van der Waals surface area (Å²) in [5.74, 6) is 0.107. The molecule has 0 radical (unpaired) electrons. The number of rotatable bonds is 8. The van der Waals surface area contributed by atoms with Crippen LogP contribution in [0.15, 0.2) is 52.9 Å². The summed E-state index contributed by atoms with van der Waals surface area (Å²) in [5, 5.41) is 8.81. The molecule has 1 amide bonds. The number of carbonyl (C=O) groups is 2. The maximum atomic E-state index is 13.4. The van der Waals surface area contributed by atoms with Crippen LogP contribution < -0.4 is 4.90 Å². The first-order valence-electron chi connectivity index (χ1n) is 10.5. The third-order valence-corrected chi connectivity index (χ3v) is 7.52. The molecule has 3 aromatic rings. The Kier molecular flexibility index (Phi) is 6.53. The molecule has 0 N–H and O–H groups in total. The standard InChI is InChI=1S/C24H25N3O2S2/c1-4-20(28)27(19-13-14-19)23-25-26-24(31-23)30-22(18-11-7-16(3)8-12-18)21(29)17-9-5-15(2)6-10-17/h5-12,19,22H,4,13-14H2,1-3H3/t22-/m1/s1. The number of thioether (sulfide) groups is 1. The summed E-state index contributed by atoms with van der Waals surface area (Å²) >= 11 is 2.79. The smallest absolute Gasteiger partial charge is 0.228 e. The van der Waals surface area contributed by atoms with Gasteiger partial charge in [0.1, 0.15) is 0 Å². The molecule has 5 nitrogen and oxygen atoms in total. The third kappa shape index (κ3) is 5.05. The second-order valence-electron chi connectivity index (χ2n) is 7.84. The number of carbonyl (C=O) groups excluding carboxylic acids is 2. The van der Waals surface area contributed by atoms with Crippen molar-refractivity contribution in [3.8, 4) is 0 Å². The number of hydrogen-bond acceptors (Lipinski definition) is 6. The van der Waals surface area contributed by atoms with Gasteiger partial charge in [-0.1, -0.05) is 89.7 Å². The van der Waals surface area contributed by atoms with E-state index in [4.69, 9.17) is 0 Å². The van der Waals surface area contributed by atoms with Crippen LogP contribution in [0.5, 0.6) is 0 Å². The van der Waals surface area contributed by atoms with Gasteiger partial charge in [-0.05, 0) is 32.3 Å². The summed E-state index contributed by atoms with van der Waals surface area (Å²) in [7, 11) is 0. The predicted molar refractivity (Wildman–Crippen MR) is 126 cm³/mol. The van der Waals surface area contributed by atoms with Crippen molar-refractivity contribution >= 4 is 39.9 Å². The zero-order chi connectivity index (χ0) is 22.0. The van der Waals surface area contributed by atoms with Crippen LogP contribution in [0.2, 0.25) is 0 Å². The zero-order valence-corrected chi connectivity index (χ0v) is 19.5. The summed E-state index contributed by atoms with van der Waals surface area (Å²) in [6.07, 6.45) is 2.45. The molecule has 4 rings (SSSR count). The van der Waals surface area contributed by atoms with Gasteiger partial charge in [0.05, 0.1) is 5.25 Å². The molecular weight excluding hydrogens is 426 g/mol. The Labute approximate surface area is 190 Å². The lowest BCUT2D eigenvalue weighted by Crippen LogP contribution is -2.32. The van der Waals surface area contributed by atoms with Crippen LogP contribution in [0, 0.1) is 13.8 Å². The number of anilines is 1. The minimum absolute atomic E-state index is 0.0364. The zero-order valence-electron chi connectivity index (χ0n) is 17.9. The summed E-state index contributed by atoms with van der Waals surface area (Å²) in [6.45, 7) is 5.90. The Bertz CT molecular complexity index is 1070. The van der Waals surface area contributed by atoms with Crippen molar-refractivity contribution in [2.75, 3.05) is 4.90 Å². The molecule has 1 aromatic heterocycles. The second kappa shape index (κ2) is 9.32. The van der Waals surface area contributed by atoms with Crippen LogP contribution in [0.4, 0.5) is 5.13 Å². The van der Waals surface area contributed by atoms with Gasteiger partial charge in [0, 0.05) is 18.0 Å². The molecule has 1 heterocycles. The summed E-state index contributed by atoms with van der Waals surface area (Å²) in [6, 6.07) is 15.9. The molecule has 1 saturated carbocycles. The maximum absolute atomic E-state index is 13.4. The van der Waals surface area contributed by atoms with Gasteiger partial charge in [0.2, 0.25) is 11.0 Å². The molecule has 1 aliphatic rings. The number of benzene rings is 2. The minimum Gasteiger partial charge on any atom is -0.293 e. The minimum atomic E-state index is -0.430. The van der Waals surface area contributed by atoms with Crippen LogP contribution in [0.1, 0.15) is 58.5 Å². The average Bonchev–Trinajstić information content (AvgIpc) is 3.50. The van der Waals surface area contributed by atoms with E-state index in [0.717, 1.165) is 29.5 Å². The molecule has 0 aliphatic heterocycles. The fraction of sp³-hybridized carbons (Fsp3) is 0.333. The number of Topliss-reactive ketones (excluding diaryl/α,β-unsaturated/α-hetero) is 1. The molecule has 1 aliphatic carbocycles. The van der Waals surface area contributed by atoms with E-state index in [9.17, 15) is 9.59 Å². The van der Waals surface area contributed by atoms with E-state index in [1.165, 1.54) is 23.1 Å². The number of nitrogens with zero attached hydrogens (tertiary/aromatic N) is 3. The highest BCUT2D eigenvalue weighted by Gasteiger charge is 2.35. The van der Waals surface area contributed by atoms with Crippen LogP contribution in [0.25, 0.3) is 0 Å². The number of amides is 1. The second-order valence-corrected chi connectivity index (χ2v) is 10.1. The third-order valence-electron chi connectivity index (χ3n) is 5.26. The number of hydrogen-bond donors (Lipinski definition) is 0. The van der Waals surface area contributed by atoms with Gasteiger partial charge >= 0.3 is 0 Å². The predicted octanol–water partition coefficient (Wildman–Crippen LogP) is 5.78. The Morgan fingerprint density at radius 3 is 2.23 bits per heavy atom. The van der Waals surface area contributed by atoms with Crippen LogP contribution in [-0.2, 0) is 4.79 Å². The number of aromatic nitrogens is 2. The fourth-order valence-electron chi connectivity index (χ4n) is 3.30. The highest BCUT2D eigenvalue weighted by atomic mass is 32.2. The molecule has 160 valence electrons. The first kappa shape index (κ1) is 21.7. The molecule has 0 spiro atoms. The van der Waals surface area contributed by atoms with E-state index in [1.807, 2.05) is 69.3 Å². The van der Waals surface area contributed by atoms with Crippen molar-refractivity contribution in [1.82, 2.24) is 10.2 Å². The van der Waals surface area contributed by atoms with E-state index < -0.39 is 5.25 Å². The highest BCUT2D eigenvalue weighted by Crippen LogP contribution is 2.42. The van der Waals surface area contributed by atoms with Crippen molar-refractivity contribution in [3.05, 3.63) is 70.8 Å². The van der Waals surface area contributed by atoms with Crippen molar-refractivity contribution in [2.45, 2.75) is 55.7 Å². The summed E-state index contributed by atoms with van der Waals surface area (Å²) < 4.78 is 0.690. The van der Waals surface area contributed by atoms with Crippen LogP contribution in [-0.4, -0.2) is 27.9 Å². The largest absolute Gasteiger partial charge is 0.293 e. The SMILES string of the molecule is CCC(=O)N(c1nnc(S[C@@H](C(=O)c2ccc(C)cc2)c2ccc(C)cc2)s1)C1CC1. The van der Waals surface area contributed by atoms with Gasteiger partial charge in [-0.3, -0.25) is 14.5 Å². The molecule has 1 atom stereocenters. The van der Waals surface area contributed by atoms with Gasteiger partial charge in [-0.15, -0.1) is 10.2 Å². The maximum Gasteiger partial charge on any atom is 0.228 e. The van der Waals surface area contributed by atoms with Crippen molar-refractivity contribution < 1.29 is 9.59 Å². The number of aryl methyl sites for hydroxylation is 2. The topological polar surface area (TPSA) is 63.2 Å². The van der Waals surface area contributed by atoms with Crippen molar-refractivity contribution in [1.29, 1.82) is 0 Å². The lowest BCUT2D eigenvalue weighted by atomic mass is 10.0. The number of ketones is 1. The van der Waals surface area contributed by atoms with E-state index in [-0.39, 0.29) is 17.7 Å². The fourth-order valence-corrected chi connectivity index (χ4v) is 5.50. The monoisotopic (exact) mass is 451 g/mol. The van der Waals surface area contributed by atoms with Crippen molar-refractivity contribution in [2.24, 2.45) is 0 Å². The Morgan fingerprint density at radius 1 is 1.03 bits per heavy atom. The first-order chi connectivity index (χ1) is 15.0. The Balaban J connectivity index is 1.63. The van der Waals surface area contributed by atoms with Gasteiger partial charge in [-0.2, -0.15) is 0 Å². The molecule has 7 heteroatoms. The van der Waals surface area contributed by atoms with Crippen LogP contribution >= 0.6 is 23.1 Å². The van der Waals surface area contributed by atoms with Gasteiger partial charge < -0.3 is 0 Å². The Hall–Kier alpha value is -2.51. The lowest BCUT2D eigenvalue weighted by Gasteiger charge is -2.17. The normalized spacial score (nSPS) is 14.3. The summed E-state index contributed by atoms with van der Waals surface area (Å²) in [5.41, 5.74) is 3.87. The molecule has 0 unspecified atom stereocenters. The molecule has 1 fully saturated rings. The molecule has 31 heavy (non-hydrogen) atoms. The van der Waals surface area contributed by atoms with Crippen LogP contribution in [0.3, 0.4) is 0 Å². The lowest BCUT2D eigenvalue weighted by molar-refractivity contribution is -0.118. The van der Waals surface area contributed by atoms with E-state index in [0.29, 0.717) is 21.5 Å².